The molecule has 0 unspecified atom stereocenters. The lowest BCUT2D eigenvalue weighted by molar-refractivity contribution is 1.33. The third kappa shape index (κ3) is 2.93. The average Bonchev–Trinajstić information content (AvgIpc) is 2.92. The van der Waals surface area contributed by atoms with Gasteiger partial charge in [0.1, 0.15) is 0 Å². The summed E-state index contributed by atoms with van der Waals surface area (Å²) in [5.41, 5.74) is 14.0. The third-order valence-corrected chi connectivity index (χ3v) is 3.92. The summed E-state index contributed by atoms with van der Waals surface area (Å²) in [4.78, 5) is 9.70. The molecule has 4 nitrogen and oxygen atoms in total. The molecule has 3 rings (SSSR count). The van der Waals surface area contributed by atoms with Gasteiger partial charge in [0.05, 0.1) is 10.6 Å². The Morgan fingerprint density at radius 3 is 2.00 bits per heavy atom. The third-order valence-electron chi connectivity index (χ3n) is 2.92. The van der Waals surface area contributed by atoms with Gasteiger partial charge in [0.2, 0.25) is 5.13 Å². The zero-order valence-electron chi connectivity index (χ0n) is 11.2. The molecular formula is C16H14N4S. The smallest absolute Gasteiger partial charge is 0.213 e. The van der Waals surface area contributed by atoms with Crippen LogP contribution in [0.2, 0.25) is 0 Å². The van der Waals surface area contributed by atoms with Crippen molar-refractivity contribution in [1.29, 1.82) is 0 Å². The summed E-state index contributed by atoms with van der Waals surface area (Å²) in [5.74, 6) is 0.0166. The van der Waals surface area contributed by atoms with Crippen molar-refractivity contribution in [2.75, 3.05) is 0 Å². The minimum atomic E-state index is 0.0166. The van der Waals surface area contributed by atoms with E-state index in [1.807, 2.05) is 48.5 Å². The zero-order valence-corrected chi connectivity index (χ0v) is 12.0. The summed E-state index contributed by atoms with van der Waals surface area (Å²) in [5, 5.41) is 0.563. The molecule has 0 aliphatic carbocycles. The van der Waals surface area contributed by atoms with Crippen molar-refractivity contribution in [3.8, 4) is 21.7 Å². The van der Waals surface area contributed by atoms with E-state index in [2.05, 4.69) is 22.1 Å². The van der Waals surface area contributed by atoms with Crippen molar-refractivity contribution in [3.63, 3.8) is 0 Å². The molecule has 0 atom stereocenters. The fourth-order valence-corrected chi connectivity index (χ4v) is 3.03. The molecule has 2 aromatic carbocycles. The van der Waals surface area contributed by atoms with Gasteiger partial charge in [-0.2, -0.15) is 4.99 Å². The summed E-state index contributed by atoms with van der Waals surface area (Å²) >= 11 is 1.48. The van der Waals surface area contributed by atoms with E-state index in [4.69, 9.17) is 11.5 Å². The van der Waals surface area contributed by atoms with Gasteiger partial charge in [-0.1, -0.05) is 72.0 Å². The molecule has 4 N–H and O–H groups in total. The standard InChI is InChI=1S/C16H14N4S/c17-15(18)20-16-19-13(11-7-3-1-4-8-11)14(21-16)12-9-5-2-6-10-12/h1-10H,(H4,17,18,19,20). The highest BCUT2D eigenvalue weighted by atomic mass is 32.1. The Balaban J connectivity index is 2.18. The van der Waals surface area contributed by atoms with Crippen molar-refractivity contribution >= 4 is 22.4 Å². The predicted molar refractivity (Wildman–Crippen MR) is 88.5 cm³/mol. The van der Waals surface area contributed by atoms with Gasteiger partial charge in [0.15, 0.2) is 5.96 Å². The summed E-state index contributed by atoms with van der Waals surface area (Å²) < 4.78 is 0. The highest BCUT2D eigenvalue weighted by molar-refractivity contribution is 7.19. The first-order valence-electron chi connectivity index (χ1n) is 6.45. The molecule has 0 radical (unpaired) electrons. The van der Waals surface area contributed by atoms with Crippen molar-refractivity contribution in [3.05, 3.63) is 60.7 Å². The summed E-state index contributed by atoms with van der Waals surface area (Å²) in [6, 6.07) is 20.1. The Kier molecular flexibility index (Phi) is 3.66. The van der Waals surface area contributed by atoms with Gasteiger partial charge in [-0.3, -0.25) is 0 Å². The van der Waals surface area contributed by atoms with Crippen LogP contribution in [0.5, 0.6) is 0 Å². The Labute approximate surface area is 126 Å². The molecule has 1 heterocycles. The number of benzene rings is 2. The van der Waals surface area contributed by atoms with Crippen molar-refractivity contribution in [2.45, 2.75) is 0 Å². The summed E-state index contributed by atoms with van der Waals surface area (Å²) in [6.45, 7) is 0. The fraction of sp³-hybridized carbons (Fsp3) is 0. The molecule has 0 aliphatic rings. The summed E-state index contributed by atoms with van der Waals surface area (Å²) in [7, 11) is 0. The molecule has 104 valence electrons. The van der Waals surface area contributed by atoms with E-state index in [-0.39, 0.29) is 5.96 Å². The van der Waals surface area contributed by atoms with E-state index in [0.717, 1.165) is 21.7 Å². The number of nitrogens with two attached hydrogens (primary N) is 2. The molecule has 0 fully saturated rings. The molecule has 0 saturated heterocycles. The Morgan fingerprint density at radius 2 is 1.43 bits per heavy atom. The van der Waals surface area contributed by atoms with Crippen LogP contribution in [-0.4, -0.2) is 10.9 Å². The largest absolute Gasteiger partial charge is 0.370 e. The molecule has 0 spiro atoms. The van der Waals surface area contributed by atoms with Crippen LogP contribution >= 0.6 is 11.3 Å². The Bertz CT molecular complexity index is 702. The first-order chi connectivity index (χ1) is 10.2. The number of aliphatic imine (C=N–C) groups is 1. The molecule has 5 heteroatoms. The van der Waals surface area contributed by atoms with E-state index in [1.165, 1.54) is 11.3 Å². The zero-order chi connectivity index (χ0) is 14.7. The van der Waals surface area contributed by atoms with Crippen LogP contribution in [0.3, 0.4) is 0 Å². The lowest BCUT2D eigenvalue weighted by Gasteiger charge is -2.02. The minimum absolute atomic E-state index is 0.0166. The van der Waals surface area contributed by atoms with Gasteiger partial charge < -0.3 is 11.5 Å². The van der Waals surface area contributed by atoms with Crippen LogP contribution in [0.4, 0.5) is 5.13 Å². The first kappa shape index (κ1) is 13.3. The lowest BCUT2D eigenvalue weighted by atomic mass is 10.1. The quantitative estimate of drug-likeness (QED) is 0.574. The molecule has 3 aromatic rings. The van der Waals surface area contributed by atoms with E-state index in [0.29, 0.717) is 5.13 Å². The van der Waals surface area contributed by atoms with Gasteiger partial charge in [-0.15, -0.1) is 0 Å². The SMILES string of the molecule is NC(N)=Nc1nc(-c2ccccc2)c(-c2ccccc2)s1. The van der Waals surface area contributed by atoms with Crippen LogP contribution in [0, 0.1) is 0 Å². The molecule has 21 heavy (non-hydrogen) atoms. The van der Waals surface area contributed by atoms with Gasteiger partial charge in [0.25, 0.3) is 0 Å². The Hall–Kier alpha value is -2.66. The molecule has 0 aliphatic heterocycles. The second kappa shape index (κ2) is 5.76. The van der Waals surface area contributed by atoms with Crippen molar-refractivity contribution in [2.24, 2.45) is 16.5 Å². The number of hydrogen-bond donors (Lipinski definition) is 2. The molecule has 0 saturated carbocycles. The van der Waals surface area contributed by atoms with Gasteiger partial charge >= 0.3 is 0 Å². The second-order valence-corrected chi connectivity index (χ2v) is 5.42. The molecule has 0 bridgehead atoms. The highest BCUT2D eigenvalue weighted by Gasteiger charge is 2.14. The maximum atomic E-state index is 5.46. The van der Waals surface area contributed by atoms with Crippen LogP contribution in [0.25, 0.3) is 21.7 Å². The minimum Gasteiger partial charge on any atom is -0.370 e. The topological polar surface area (TPSA) is 77.3 Å². The first-order valence-corrected chi connectivity index (χ1v) is 7.27. The van der Waals surface area contributed by atoms with Crippen LogP contribution in [-0.2, 0) is 0 Å². The van der Waals surface area contributed by atoms with Crippen LogP contribution in [0.15, 0.2) is 65.7 Å². The number of aromatic nitrogens is 1. The number of guanidine groups is 1. The second-order valence-electron chi connectivity index (χ2n) is 4.44. The van der Waals surface area contributed by atoms with Crippen molar-refractivity contribution in [1.82, 2.24) is 4.98 Å². The van der Waals surface area contributed by atoms with E-state index < -0.39 is 0 Å². The summed E-state index contributed by atoms with van der Waals surface area (Å²) in [6.07, 6.45) is 0. The fourth-order valence-electron chi connectivity index (χ4n) is 2.04. The van der Waals surface area contributed by atoms with Gasteiger partial charge in [-0.05, 0) is 5.56 Å². The monoisotopic (exact) mass is 294 g/mol. The maximum absolute atomic E-state index is 5.46. The average molecular weight is 294 g/mol. The number of rotatable bonds is 3. The van der Waals surface area contributed by atoms with E-state index >= 15 is 0 Å². The predicted octanol–water partition coefficient (Wildman–Crippen LogP) is 3.38. The van der Waals surface area contributed by atoms with Crippen molar-refractivity contribution < 1.29 is 0 Å². The number of nitrogens with zero attached hydrogens (tertiary/aromatic N) is 2. The highest BCUT2D eigenvalue weighted by Crippen LogP contribution is 2.39. The Morgan fingerprint density at radius 1 is 0.857 bits per heavy atom. The van der Waals surface area contributed by atoms with E-state index in [9.17, 15) is 0 Å². The van der Waals surface area contributed by atoms with Crippen LogP contribution < -0.4 is 11.5 Å². The van der Waals surface area contributed by atoms with Gasteiger partial charge in [0, 0.05) is 5.56 Å². The van der Waals surface area contributed by atoms with E-state index in [1.54, 1.807) is 0 Å². The molecular weight excluding hydrogens is 280 g/mol. The van der Waals surface area contributed by atoms with Gasteiger partial charge in [-0.25, -0.2) is 4.98 Å². The molecule has 0 amide bonds. The normalized spacial score (nSPS) is 10.3. The lowest BCUT2D eigenvalue weighted by Crippen LogP contribution is -2.21. The maximum Gasteiger partial charge on any atom is 0.213 e. The van der Waals surface area contributed by atoms with Crippen LogP contribution in [0.1, 0.15) is 0 Å². The molecule has 1 aromatic heterocycles. The number of thiazole rings is 1. The number of hydrogen-bond acceptors (Lipinski definition) is 3.